The van der Waals surface area contributed by atoms with Crippen molar-refractivity contribution in [3.05, 3.63) is 71.3 Å². The lowest BCUT2D eigenvalue weighted by molar-refractivity contribution is -0.147. The number of amides is 2. The number of hydrogen-bond acceptors (Lipinski definition) is 7. The number of carboxylic acid groups (broad SMARTS) is 1. The summed E-state index contributed by atoms with van der Waals surface area (Å²) in [6.07, 6.45) is 1.33. The number of esters is 1. The van der Waals surface area contributed by atoms with E-state index in [1.165, 1.54) is 38.4 Å². The molecule has 0 saturated carbocycles. The zero-order valence-corrected chi connectivity index (χ0v) is 24.5. The third-order valence-corrected chi connectivity index (χ3v) is 7.96. The Bertz CT molecular complexity index is 1280. The molecule has 1 N–H and O–H groups in total. The summed E-state index contributed by atoms with van der Waals surface area (Å²) in [5.74, 6) is -2.61. The minimum Gasteiger partial charge on any atom is -0.481 e. The summed E-state index contributed by atoms with van der Waals surface area (Å²) in [6.45, 7) is 0.703. The van der Waals surface area contributed by atoms with Crippen molar-refractivity contribution in [2.24, 2.45) is 11.8 Å². The molecule has 2 saturated heterocycles. The van der Waals surface area contributed by atoms with Crippen molar-refractivity contribution in [1.29, 1.82) is 0 Å². The Balaban J connectivity index is 0.000000236. The SMILES string of the molecule is COC(=O)C1CCN(C(=O)OC)C(Cc2ccccc2F)C1.COC(=O)N1CCC(C(=O)O)CC1Cc1ccccc1F. The van der Waals surface area contributed by atoms with Crippen molar-refractivity contribution in [1.82, 2.24) is 9.80 Å². The van der Waals surface area contributed by atoms with Crippen molar-refractivity contribution >= 4 is 24.1 Å². The second kappa shape index (κ2) is 15.9. The summed E-state index contributed by atoms with van der Waals surface area (Å²) in [4.78, 5) is 49.6. The Morgan fingerprint density at radius 2 is 1.14 bits per heavy atom. The Kier molecular flexibility index (Phi) is 12.3. The number of nitrogens with zero attached hydrogens (tertiary/aromatic N) is 2. The summed E-state index contributed by atoms with van der Waals surface area (Å²) < 4.78 is 41.9. The number of hydrogen-bond donors (Lipinski definition) is 1. The highest BCUT2D eigenvalue weighted by Gasteiger charge is 2.37. The molecular weight excluding hydrogens is 566 g/mol. The maximum atomic E-state index is 13.9. The predicted molar refractivity (Wildman–Crippen MR) is 151 cm³/mol. The number of carbonyl (C=O) groups is 4. The molecule has 12 heteroatoms. The van der Waals surface area contributed by atoms with Crippen molar-refractivity contribution in [2.75, 3.05) is 34.4 Å². The molecule has 0 aliphatic carbocycles. The summed E-state index contributed by atoms with van der Waals surface area (Å²) >= 11 is 0. The second-order valence-electron chi connectivity index (χ2n) is 10.5. The van der Waals surface area contributed by atoms with Gasteiger partial charge in [0.25, 0.3) is 0 Å². The molecule has 2 fully saturated rings. The highest BCUT2D eigenvalue weighted by molar-refractivity contribution is 5.74. The van der Waals surface area contributed by atoms with Crippen LogP contribution in [0.4, 0.5) is 18.4 Å². The molecule has 2 aromatic carbocycles. The number of carbonyl (C=O) groups excluding carboxylic acids is 3. The van der Waals surface area contributed by atoms with E-state index >= 15 is 0 Å². The molecule has 0 bridgehead atoms. The first-order valence-electron chi connectivity index (χ1n) is 14.1. The minimum atomic E-state index is -0.877. The molecule has 43 heavy (non-hydrogen) atoms. The highest BCUT2D eigenvalue weighted by Crippen LogP contribution is 2.28. The van der Waals surface area contributed by atoms with Crippen LogP contribution in [-0.2, 0) is 36.6 Å². The fraction of sp³-hybridized carbons (Fsp3) is 0.484. The average Bonchev–Trinajstić information content (AvgIpc) is 3.02. The molecule has 0 spiro atoms. The van der Waals surface area contributed by atoms with Crippen LogP contribution >= 0.6 is 0 Å². The van der Waals surface area contributed by atoms with Gasteiger partial charge in [-0.15, -0.1) is 0 Å². The van der Waals surface area contributed by atoms with Crippen LogP contribution in [0.3, 0.4) is 0 Å². The molecule has 2 aliphatic heterocycles. The molecule has 4 unspecified atom stereocenters. The zero-order valence-electron chi connectivity index (χ0n) is 24.5. The number of ether oxygens (including phenoxy) is 3. The quantitative estimate of drug-likeness (QED) is 0.372. The summed E-state index contributed by atoms with van der Waals surface area (Å²) in [6, 6.07) is 12.1. The largest absolute Gasteiger partial charge is 0.481 e. The van der Waals surface area contributed by atoms with Gasteiger partial charge in [-0.05, 0) is 61.8 Å². The van der Waals surface area contributed by atoms with E-state index in [-0.39, 0.29) is 42.0 Å². The third kappa shape index (κ3) is 8.89. The molecule has 2 heterocycles. The molecule has 2 aliphatic rings. The van der Waals surface area contributed by atoms with E-state index in [1.807, 2.05) is 0 Å². The Labute approximate surface area is 249 Å². The summed E-state index contributed by atoms with van der Waals surface area (Å²) in [7, 11) is 3.95. The lowest BCUT2D eigenvalue weighted by Gasteiger charge is -2.37. The van der Waals surface area contributed by atoms with E-state index < -0.39 is 24.1 Å². The number of likely N-dealkylation sites (tertiary alicyclic amines) is 2. The van der Waals surface area contributed by atoms with Crippen LogP contribution in [0.2, 0.25) is 0 Å². The van der Waals surface area contributed by atoms with Crippen LogP contribution in [0, 0.1) is 23.5 Å². The van der Waals surface area contributed by atoms with E-state index in [1.54, 1.807) is 41.3 Å². The van der Waals surface area contributed by atoms with Gasteiger partial charge in [0.1, 0.15) is 11.6 Å². The molecule has 0 aromatic heterocycles. The molecule has 2 amide bonds. The van der Waals surface area contributed by atoms with Gasteiger partial charge in [-0.25, -0.2) is 18.4 Å². The average molecular weight is 605 g/mol. The molecule has 4 rings (SSSR count). The monoisotopic (exact) mass is 604 g/mol. The first-order chi connectivity index (χ1) is 20.6. The first kappa shape index (κ1) is 33.3. The summed E-state index contributed by atoms with van der Waals surface area (Å²) in [5, 5.41) is 9.15. The van der Waals surface area contributed by atoms with Crippen LogP contribution in [0.15, 0.2) is 48.5 Å². The van der Waals surface area contributed by atoms with Gasteiger partial charge < -0.3 is 29.1 Å². The maximum Gasteiger partial charge on any atom is 0.409 e. The van der Waals surface area contributed by atoms with Gasteiger partial charge in [0.15, 0.2) is 0 Å². The molecule has 4 atom stereocenters. The fourth-order valence-electron chi connectivity index (χ4n) is 5.64. The van der Waals surface area contributed by atoms with E-state index in [9.17, 15) is 28.0 Å². The number of rotatable bonds is 6. The topological polar surface area (TPSA) is 123 Å². The molecule has 234 valence electrons. The normalized spacial score (nSPS) is 21.6. The van der Waals surface area contributed by atoms with Crippen LogP contribution in [-0.4, -0.2) is 85.5 Å². The van der Waals surface area contributed by atoms with E-state index in [0.717, 1.165) is 0 Å². The predicted octanol–water partition coefficient (Wildman–Crippen LogP) is 4.69. The van der Waals surface area contributed by atoms with Crippen molar-refractivity contribution in [3.63, 3.8) is 0 Å². The standard InChI is InChI=1S/C16H20FNO4.C15H18FNO4/c1-21-15(19)12-7-8-18(16(20)22-2)13(10-12)9-11-5-3-4-6-14(11)17;1-21-15(20)17-7-6-11(14(18)19)9-12(17)8-10-4-2-3-5-13(10)16/h3-6,12-13H,7-10H2,1-2H3;2-5,11-12H,6-9H2,1H3,(H,18,19). The zero-order chi connectivity index (χ0) is 31.5. The smallest absolute Gasteiger partial charge is 0.409 e. The lowest BCUT2D eigenvalue weighted by atomic mass is 9.87. The molecule has 10 nitrogen and oxygen atoms in total. The van der Waals surface area contributed by atoms with Gasteiger partial charge in [-0.2, -0.15) is 0 Å². The van der Waals surface area contributed by atoms with Gasteiger partial charge >= 0.3 is 24.1 Å². The third-order valence-electron chi connectivity index (χ3n) is 7.96. The lowest BCUT2D eigenvalue weighted by Crippen LogP contribution is -2.48. The highest BCUT2D eigenvalue weighted by atomic mass is 19.1. The van der Waals surface area contributed by atoms with Crippen LogP contribution in [0.1, 0.15) is 36.8 Å². The number of piperidine rings is 2. The van der Waals surface area contributed by atoms with Crippen LogP contribution < -0.4 is 0 Å². The second-order valence-corrected chi connectivity index (χ2v) is 10.5. The summed E-state index contributed by atoms with van der Waals surface area (Å²) in [5.41, 5.74) is 0.995. The van der Waals surface area contributed by atoms with Crippen molar-refractivity contribution < 1.29 is 47.3 Å². The van der Waals surface area contributed by atoms with Gasteiger partial charge in [0.2, 0.25) is 0 Å². The number of aliphatic carboxylic acids is 1. The Morgan fingerprint density at radius 1 is 0.721 bits per heavy atom. The van der Waals surface area contributed by atoms with E-state index in [2.05, 4.69) is 0 Å². The van der Waals surface area contributed by atoms with Crippen LogP contribution in [0.25, 0.3) is 0 Å². The van der Waals surface area contributed by atoms with Crippen molar-refractivity contribution in [3.8, 4) is 0 Å². The number of carboxylic acids is 1. The van der Waals surface area contributed by atoms with Gasteiger partial charge in [0, 0.05) is 25.2 Å². The molecule has 0 radical (unpaired) electrons. The molecular formula is C31H38F2N2O8. The van der Waals surface area contributed by atoms with Crippen molar-refractivity contribution in [2.45, 2.75) is 50.6 Å². The van der Waals surface area contributed by atoms with Crippen LogP contribution in [0.5, 0.6) is 0 Å². The van der Waals surface area contributed by atoms with Gasteiger partial charge in [-0.3, -0.25) is 9.59 Å². The first-order valence-corrected chi connectivity index (χ1v) is 14.1. The maximum absolute atomic E-state index is 13.9. The number of methoxy groups -OCH3 is 3. The minimum absolute atomic E-state index is 0.275. The molecule has 2 aromatic rings. The number of benzene rings is 2. The van der Waals surface area contributed by atoms with E-state index in [4.69, 9.17) is 19.3 Å². The Morgan fingerprint density at radius 3 is 1.53 bits per heavy atom. The van der Waals surface area contributed by atoms with Gasteiger partial charge in [0.05, 0.1) is 33.2 Å². The fourth-order valence-corrected chi connectivity index (χ4v) is 5.64. The number of halogens is 2. The van der Waals surface area contributed by atoms with E-state index in [0.29, 0.717) is 56.3 Å². The Hall–Kier alpha value is -4.22. The van der Waals surface area contributed by atoms with Gasteiger partial charge in [-0.1, -0.05) is 36.4 Å².